The molecule has 10 heteroatoms. The van der Waals surface area contributed by atoms with Crippen LogP contribution < -0.4 is 10.1 Å². The molecule has 262 valence electrons. The Morgan fingerprint density at radius 2 is 1.40 bits per heavy atom. The molecular formula is C38H51NO9. The smallest absolute Gasteiger partial charge is 0.342 e. The number of nitrogens with one attached hydrogen (secondary N) is 1. The number of carbonyl (C=O) groups excluding carboxylic acids is 4. The van der Waals surface area contributed by atoms with Gasteiger partial charge < -0.3 is 24.6 Å². The number of unbranched alkanes of at least 4 members (excludes halogenated alkanes) is 1. The van der Waals surface area contributed by atoms with Crippen LogP contribution in [0.3, 0.4) is 0 Å². The van der Waals surface area contributed by atoms with E-state index in [1.165, 1.54) is 25.1 Å². The van der Waals surface area contributed by atoms with Crippen molar-refractivity contribution in [3.8, 4) is 5.75 Å². The van der Waals surface area contributed by atoms with Gasteiger partial charge in [-0.05, 0) is 57.1 Å². The first-order valence-electron chi connectivity index (χ1n) is 16.4. The summed E-state index contributed by atoms with van der Waals surface area (Å²) in [6.45, 7) is 6.04. The fraction of sp³-hybridized carbons (Fsp3) is 0.447. The number of hydrogen-bond acceptors (Lipinski definition) is 8. The average Bonchev–Trinajstić information content (AvgIpc) is 3.03. The zero-order valence-electron chi connectivity index (χ0n) is 28.7. The highest BCUT2D eigenvalue weighted by molar-refractivity contribution is 5.95. The SMILES string of the molecule is CCC=CCC=CCC=CCC=CCC=CCCCC(=O)OCC(C)(C)C(OC(=O)c1ccccc1OC(C)=O)C(=O)NCCC(=O)O. The van der Waals surface area contributed by atoms with Gasteiger partial charge in [0.15, 0.2) is 6.10 Å². The predicted molar refractivity (Wildman–Crippen MR) is 185 cm³/mol. The van der Waals surface area contributed by atoms with Crippen molar-refractivity contribution >= 4 is 29.8 Å². The van der Waals surface area contributed by atoms with Gasteiger partial charge >= 0.3 is 23.9 Å². The molecule has 0 heterocycles. The van der Waals surface area contributed by atoms with Crippen molar-refractivity contribution in [2.75, 3.05) is 13.2 Å². The molecule has 1 atom stereocenters. The van der Waals surface area contributed by atoms with Crippen LogP contribution in [0.15, 0.2) is 85.0 Å². The van der Waals surface area contributed by atoms with E-state index in [1.54, 1.807) is 19.9 Å². The number of amides is 1. The van der Waals surface area contributed by atoms with Crippen LogP contribution in [0.5, 0.6) is 5.75 Å². The van der Waals surface area contributed by atoms with E-state index in [-0.39, 0.29) is 37.3 Å². The molecule has 0 bridgehead atoms. The molecule has 0 aliphatic heterocycles. The summed E-state index contributed by atoms with van der Waals surface area (Å²) in [6.07, 6.45) is 25.5. The number of rotatable bonds is 23. The Morgan fingerprint density at radius 1 is 0.833 bits per heavy atom. The lowest BCUT2D eigenvalue weighted by Crippen LogP contribution is -2.49. The molecule has 0 saturated heterocycles. The maximum atomic E-state index is 13.1. The lowest BCUT2D eigenvalue weighted by molar-refractivity contribution is -0.153. The van der Waals surface area contributed by atoms with Gasteiger partial charge in [-0.3, -0.25) is 19.2 Å². The van der Waals surface area contributed by atoms with Gasteiger partial charge in [0.05, 0.1) is 6.42 Å². The maximum Gasteiger partial charge on any atom is 0.342 e. The number of benzene rings is 1. The van der Waals surface area contributed by atoms with Crippen LogP contribution in [-0.4, -0.2) is 54.1 Å². The van der Waals surface area contributed by atoms with Crippen molar-refractivity contribution in [1.29, 1.82) is 0 Å². The third-order valence-corrected chi connectivity index (χ3v) is 6.69. The van der Waals surface area contributed by atoms with E-state index < -0.39 is 41.3 Å². The van der Waals surface area contributed by atoms with Gasteiger partial charge in [-0.2, -0.15) is 0 Å². The van der Waals surface area contributed by atoms with Crippen molar-refractivity contribution in [2.24, 2.45) is 5.41 Å². The second kappa shape index (κ2) is 24.4. The number of esters is 3. The number of carboxylic acids is 1. The summed E-state index contributed by atoms with van der Waals surface area (Å²) in [7, 11) is 0. The van der Waals surface area contributed by atoms with Crippen LogP contribution in [0.4, 0.5) is 0 Å². The minimum absolute atomic E-state index is 0.0446. The Labute approximate surface area is 284 Å². The Kier molecular flexibility index (Phi) is 21.0. The number of hydrogen-bond donors (Lipinski definition) is 2. The molecule has 1 aromatic rings. The maximum absolute atomic E-state index is 13.1. The second-order valence-corrected chi connectivity index (χ2v) is 11.6. The van der Waals surface area contributed by atoms with E-state index in [4.69, 9.17) is 19.3 Å². The fourth-order valence-electron chi connectivity index (χ4n) is 4.15. The van der Waals surface area contributed by atoms with E-state index in [0.29, 0.717) is 12.8 Å². The summed E-state index contributed by atoms with van der Waals surface area (Å²) in [4.78, 5) is 61.1. The van der Waals surface area contributed by atoms with Gasteiger partial charge in [0.2, 0.25) is 0 Å². The van der Waals surface area contributed by atoms with Crippen molar-refractivity contribution < 1.29 is 43.3 Å². The third-order valence-electron chi connectivity index (χ3n) is 6.69. The topological polar surface area (TPSA) is 145 Å². The van der Waals surface area contributed by atoms with E-state index in [1.807, 2.05) is 12.2 Å². The predicted octanol–water partition coefficient (Wildman–Crippen LogP) is 7.22. The van der Waals surface area contributed by atoms with E-state index in [2.05, 4.69) is 60.8 Å². The number of aliphatic carboxylic acids is 1. The van der Waals surface area contributed by atoms with Crippen molar-refractivity contribution in [1.82, 2.24) is 5.32 Å². The Bertz CT molecular complexity index is 1320. The minimum atomic E-state index is -1.46. The minimum Gasteiger partial charge on any atom is -0.481 e. The van der Waals surface area contributed by atoms with Crippen LogP contribution in [0.1, 0.15) is 95.8 Å². The fourth-order valence-corrected chi connectivity index (χ4v) is 4.15. The Hall–Kier alpha value is -4.73. The second-order valence-electron chi connectivity index (χ2n) is 11.6. The van der Waals surface area contributed by atoms with Crippen LogP contribution in [0.2, 0.25) is 0 Å². The van der Waals surface area contributed by atoms with E-state index in [9.17, 15) is 24.0 Å². The summed E-state index contributed by atoms with van der Waals surface area (Å²) >= 11 is 0. The molecule has 0 aliphatic rings. The molecule has 10 nitrogen and oxygen atoms in total. The average molecular weight is 666 g/mol. The highest BCUT2D eigenvalue weighted by Gasteiger charge is 2.40. The van der Waals surface area contributed by atoms with Gasteiger partial charge in [-0.25, -0.2) is 4.79 Å². The van der Waals surface area contributed by atoms with Gasteiger partial charge in [-0.15, -0.1) is 0 Å². The van der Waals surface area contributed by atoms with E-state index in [0.717, 1.165) is 32.1 Å². The lowest BCUT2D eigenvalue weighted by Gasteiger charge is -2.32. The van der Waals surface area contributed by atoms with E-state index >= 15 is 0 Å². The molecule has 1 unspecified atom stereocenters. The summed E-state index contributed by atoms with van der Waals surface area (Å²) < 4.78 is 16.1. The van der Waals surface area contributed by atoms with Crippen LogP contribution in [0.25, 0.3) is 0 Å². The summed E-state index contributed by atoms with van der Waals surface area (Å²) in [6, 6.07) is 5.89. The van der Waals surface area contributed by atoms with Crippen molar-refractivity contribution in [2.45, 2.75) is 91.6 Å². The number of carbonyl (C=O) groups is 5. The third kappa shape index (κ3) is 19.1. The van der Waals surface area contributed by atoms with Crippen LogP contribution in [0, 0.1) is 5.41 Å². The molecule has 48 heavy (non-hydrogen) atoms. The zero-order valence-corrected chi connectivity index (χ0v) is 28.7. The first-order valence-corrected chi connectivity index (χ1v) is 16.4. The molecule has 1 aromatic carbocycles. The molecule has 0 saturated carbocycles. The first-order chi connectivity index (χ1) is 23.0. The molecule has 1 amide bonds. The Balaban J connectivity index is 2.59. The van der Waals surface area contributed by atoms with Crippen LogP contribution in [-0.2, 0) is 28.7 Å². The molecule has 0 aliphatic carbocycles. The Morgan fingerprint density at radius 3 is 1.96 bits per heavy atom. The molecule has 2 N–H and O–H groups in total. The van der Waals surface area contributed by atoms with Crippen LogP contribution >= 0.6 is 0 Å². The standard InChI is InChI=1S/C38H51NO9/c1-5-6-7-8-9-10-11-12-13-14-15-16-17-18-19-20-21-26-34(43)46-29-38(3,4)35(36(44)39-28-27-33(41)42)48-37(45)31-24-22-23-25-32(31)47-30(2)40/h6-7,9-10,12-13,15-16,18-19,22-25,35H,5,8,11,14,17,20-21,26-29H2,1-4H3,(H,39,44)(H,41,42). The summed E-state index contributed by atoms with van der Waals surface area (Å²) in [5.41, 5.74) is -1.28. The molecule has 1 rings (SSSR count). The van der Waals surface area contributed by atoms with Gasteiger partial charge in [0.1, 0.15) is 17.9 Å². The monoisotopic (exact) mass is 665 g/mol. The van der Waals surface area contributed by atoms with Crippen molar-refractivity contribution in [3.05, 3.63) is 90.6 Å². The van der Waals surface area contributed by atoms with Gasteiger partial charge in [0, 0.05) is 25.3 Å². The summed E-state index contributed by atoms with van der Waals surface area (Å²) in [5, 5.41) is 11.4. The molecule has 0 radical (unpaired) electrons. The largest absolute Gasteiger partial charge is 0.481 e. The summed E-state index contributed by atoms with van der Waals surface area (Å²) in [5.74, 6) is -3.97. The number of ether oxygens (including phenoxy) is 3. The number of allylic oxidation sites excluding steroid dienone is 10. The lowest BCUT2D eigenvalue weighted by atomic mass is 9.86. The number of carboxylic acid groups (broad SMARTS) is 1. The normalized spacial score (nSPS) is 12.7. The molecular weight excluding hydrogens is 614 g/mol. The number of para-hydroxylation sites is 1. The first kappa shape index (κ1) is 41.3. The van der Waals surface area contributed by atoms with Gasteiger partial charge in [0.25, 0.3) is 5.91 Å². The highest BCUT2D eigenvalue weighted by Crippen LogP contribution is 2.28. The molecule has 0 fully saturated rings. The quantitative estimate of drug-likeness (QED) is 0.0536. The zero-order chi connectivity index (χ0) is 35.6. The highest BCUT2D eigenvalue weighted by atomic mass is 16.6. The molecule has 0 aromatic heterocycles. The van der Waals surface area contributed by atoms with Crippen molar-refractivity contribution in [3.63, 3.8) is 0 Å². The van der Waals surface area contributed by atoms with Gasteiger partial charge in [-0.1, -0.05) is 93.7 Å². The molecule has 0 spiro atoms.